The predicted octanol–water partition coefficient (Wildman–Crippen LogP) is 2.75. The Kier molecular flexibility index (Phi) is 3.79. The van der Waals surface area contributed by atoms with Crippen LogP contribution in [-0.4, -0.2) is 29.1 Å². The molecular formula is C14H18NO2. The van der Waals surface area contributed by atoms with Crippen LogP contribution in [0.1, 0.15) is 41.7 Å². The van der Waals surface area contributed by atoms with E-state index in [9.17, 15) is 4.79 Å². The molecule has 2 rings (SSSR count). The molecule has 1 atom stereocenters. The standard InChI is InChI=1S/C14H18NO2/c1-11(15-9-3-2-4-10-15)12-5-7-13(8-6-12)14(16)17/h2,5-8,11H,3-4,9-10H2,1H3,(H,16,17). The maximum absolute atomic E-state index is 10.8. The van der Waals surface area contributed by atoms with Crippen LogP contribution in [0.3, 0.4) is 0 Å². The van der Waals surface area contributed by atoms with Gasteiger partial charge in [-0.1, -0.05) is 12.1 Å². The minimum atomic E-state index is -0.864. The van der Waals surface area contributed by atoms with E-state index in [1.54, 1.807) is 12.1 Å². The fourth-order valence-electron chi connectivity index (χ4n) is 2.27. The monoisotopic (exact) mass is 232 g/mol. The SMILES string of the molecule is CC(c1ccc(C(=O)O)cc1)N1CC[CH]CC1. The zero-order valence-corrected chi connectivity index (χ0v) is 10.1. The van der Waals surface area contributed by atoms with Crippen LogP contribution in [-0.2, 0) is 0 Å². The lowest BCUT2D eigenvalue weighted by molar-refractivity contribution is 0.0697. The number of piperidine rings is 1. The van der Waals surface area contributed by atoms with Crippen molar-refractivity contribution in [2.45, 2.75) is 25.8 Å². The number of hydrogen-bond donors (Lipinski definition) is 1. The van der Waals surface area contributed by atoms with E-state index in [1.807, 2.05) is 12.1 Å². The largest absolute Gasteiger partial charge is 0.478 e. The van der Waals surface area contributed by atoms with Gasteiger partial charge in [-0.3, -0.25) is 4.90 Å². The normalized spacial score (nSPS) is 18.9. The smallest absolute Gasteiger partial charge is 0.335 e. The number of nitrogens with zero attached hydrogens (tertiary/aromatic N) is 1. The zero-order valence-electron chi connectivity index (χ0n) is 10.1. The van der Waals surface area contributed by atoms with Crippen molar-refractivity contribution < 1.29 is 9.90 Å². The molecule has 1 aromatic carbocycles. The molecule has 1 aliphatic rings. The molecule has 1 heterocycles. The fourth-order valence-corrected chi connectivity index (χ4v) is 2.27. The van der Waals surface area contributed by atoms with Crippen LogP contribution < -0.4 is 0 Å². The quantitative estimate of drug-likeness (QED) is 0.871. The van der Waals surface area contributed by atoms with Gasteiger partial charge in [0.1, 0.15) is 0 Å². The van der Waals surface area contributed by atoms with Crippen molar-refractivity contribution in [2.75, 3.05) is 13.1 Å². The number of carbonyl (C=O) groups is 1. The molecule has 1 aromatic rings. The third-order valence-corrected chi connectivity index (χ3v) is 3.43. The maximum atomic E-state index is 10.8. The summed E-state index contributed by atoms with van der Waals surface area (Å²) in [5, 5.41) is 8.85. The lowest BCUT2D eigenvalue weighted by atomic mass is 10.0. The first-order chi connectivity index (χ1) is 8.18. The molecule has 0 saturated carbocycles. The molecule has 0 spiro atoms. The molecule has 1 radical (unpaired) electrons. The highest BCUT2D eigenvalue weighted by Gasteiger charge is 2.18. The van der Waals surface area contributed by atoms with Crippen molar-refractivity contribution in [3.05, 3.63) is 41.8 Å². The summed E-state index contributed by atoms with van der Waals surface area (Å²) >= 11 is 0. The summed E-state index contributed by atoms with van der Waals surface area (Å²) in [5.41, 5.74) is 1.55. The van der Waals surface area contributed by atoms with Gasteiger partial charge in [-0.15, -0.1) is 0 Å². The van der Waals surface area contributed by atoms with Crippen LogP contribution in [0.25, 0.3) is 0 Å². The molecule has 91 valence electrons. The Balaban J connectivity index is 2.07. The first-order valence-corrected chi connectivity index (χ1v) is 6.07. The van der Waals surface area contributed by atoms with Crippen molar-refractivity contribution in [1.29, 1.82) is 0 Å². The van der Waals surface area contributed by atoms with Gasteiger partial charge in [0.05, 0.1) is 5.56 Å². The first kappa shape index (κ1) is 12.1. The average Bonchev–Trinajstić information content (AvgIpc) is 2.39. The van der Waals surface area contributed by atoms with Crippen molar-refractivity contribution in [1.82, 2.24) is 4.90 Å². The van der Waals surface area contributed by atoms with E-state index in [-0.39, 0.29) is 0 Å². The first-order valence-electron chi connectivity index (χ1n) is 6.07. The number of carboxylic acid groups (broad SMARTS) is 1. The summed E-state index contributed by atoms with van der Waals surface area (Å²) < 4.78 is 0. The van der Waals surface area contributed by atoms with E-state index >= 15 is 0 Å². The number of likely N-dealkylation sites (tertiary alicyclic amines) is 1. The average molecular weight is 232 g/mol. The Labute approximate surface area is 102 Å². The summed E-state index contributed by atoms with van der Waals surface area (Å²) in [6, 6.07) is 7.58. The molecule has 0 bridgehead atoms. The highest BCUT2D eigenvalue weighted by molar-refractivity contribution is 5.87. The van der Waals surface area contributed by atoms with E-state index in [2.05, 4.69) is 18.2 Å². The van der Waals surface area contributed by atoms with Gasteiger partial charge in [-0.25, -0.2) is 4.79 Å². The van der Waals surface area contributed by atoms with Crippen LogP contribution in [0.5, 0.6) is 0 Å². The van der Waals surface area contributed by atoms with E-state index in [4.69, 9.17) is 5.11 Å². The van der Waals surface area contributed by atoms with E-state index in [0.717, 1.165) is 25.9 Å². The van der Waals surface area contributed by atoms with Crippen molar-refractivity contribution in [2.24, 2.45) is 0 Å². The molecule has 0 aliphatic carbocycles. The predicted molar refractivity (Wildman–Crippen MR) is 66.9 cm³/mol. The van der Waals surface area contributed by atoms with Gasteiger partial charge < -0.3 is 5.11 Å². The lowest BCUT2D eigenvalue weighted by Gasteiger charge is -2.32. The number of carboxylic acids is 1. The second kappa shape index (κ2) is 5.32. The van der Waals surface area contributed by atoms with Gasteiger partial charge >= 0.3 is 5.97 Å². The number of aromatic carboxylic acids is 1. The fraction of sp³-hybridized carbons (Fsp3) is 0.429. The highest BCUT2D eigenvalue weighted by Crippen LogP contribution is 2.23. The molecule has 0 aromatic heterocycles. The van der Waals surface area contributed by atoms with Crippen LogP contribution in [0.2, 0.25) is 0 Å². The molecule has 3 heteroatoms. The Bertz CT molecular complexity index is 380. The molecule has 1 aliphatic heterocycles. The van der Waals surface area contributed by atoms with Gasteiger partial charge in [-0.2, -0.15) is 0 Å². The Morgan fingerprint density at radius 3 is 2.35 bits per heavy atom. The third kappa shape index (κ3) is 2.86. The summed E-state index contributed by atoms with van der Waals surface area (Å²) in [6.45, 7) is 4.38. The van der Waals surface area contributed by atoms with E-state index in [1.165, 1.54) is 5.56 Å². The summed E-state index contributed by atoms with van der Waals surface area (Å²) in [7, 11) is 0. The second-order valence-electron chi connectivity index (χ2n) is 4.51. The number of benzene rings is 1. The van der Waals surface area contributed by atoms with Crippen molar-refractivity contribution >= 4 is 5.97 Å². The topological polar surface area (TPSA) is 40.5 Å². The van der Waals surface area contributed by atoms with Crippen LogP contribution in [0, 0.1) is 6.42 Å². The lowest BCUT2D eigenvalue weighted by Crippen LogP contribution is -2.32. The number of hydrogen-bond acceptors (Lipinski definition) is 2. The Morgan fingerprint density at radius 1 is 1.24 bits per heavy atom. The molecule has 17 heavy (non-hydrogen) atoms. The number of rotatable bonds is 3. The molecule has 1 N–H and O–H groups in total. The van der Waals surface area contributed by atoms with Gasteiger partial charge in [0.2, 0.25) is 0 Å². The molecule has 1 fully saturated rings. The van der Waals surface area contributed by atoms with Gasteiger partial charge in [-0.05, 0) is 57.0 Å². The molecule has 1 unspecified atom stereocenters. The minimum absolute atomic E-state index is 0.355. The van der Waals surface area contributed by atoms with Crippen LogP contribution >= 0.6 is 0 Å². The minimum Gasteiger partial charge on any atom is -0.478 e. The third-order valence-electron chi connectivity index (χ3n) is 3.43. The Morgan fingerprint density at radius 2 is 1.82 bits per heavy atom. The van der Waals surface area contributed by atoms with Gasteiger partial charge in [0.15, 0.2) is 0 Å². The Hall–Kier alpha value is -1.35. The molecule has 1 saturated heterocycles. The highest BCUT2D eigenvalue weighted by atomic mass is 16.4. The summed E-state index contributed by atoms with van der Waals surface area (Å²) in [6.07, 6.45) is 4.63. The zero-order chi connectivity index (χ0) is 12.3. The molecule has 3 nitrogen and oxygen atoms in total. The van der Waals surface area contributed by atoms with Crippen molar-refractivity contribution in [3.63, 3.8) is 0 Å². The van der Waals surface area contributed by atoms with E-state index in [0.29, 0.717) is 11.6 Å². The summed E-state index contributed by atoms with van der Waals surface area (Å²) in [4.78, 5) is 13.2. The van der Waals surface area contributed by atoms with E-state index < -0.39 is 5.97 Å². The van der Waals surface area contributed by atoms with Crippen LogP contribution in [0.4, 0.5) is 0 Å². The maximum Gasteiger partial charge on any atom is 0.335 e. The summed E-state index contributed by atoms with van der Waals surface area (Å²) in [5.74, 6) is -0.864. The second-order valence-corrected chi connectivity index (χ2v) is 4.51. The molecular weight excluding hydrogens is 214 g/mol. The van der Waals surface area contributed by atoms with Gasteiger partial charge in [0, 0.05) is 6.04 Å². The van der Waals surface area contributed by atoms with Gasteiger partial charge in [0.25, 0.3) is 0 Å². The van der Waals surface area contributed by atoms with Crippen LogP contribution in [0.15, 0.2) is 24.3 Å². The van der Waals surface area contributed by atoms with Crippen molar-refractivity contribution in [3.8, 4) is 0 Å². The molecule has 0 amide bonds.